The fourth-order valence-corrected chi connectivity index (χ4v) is 3.90. The minimum atomic E-state index is -0.376. The number of carbonyl (C=O) groups is 1. The summed E-state index contributed by atoms with van der Waals surface area (Å²) in [5.41, 5.74) is 3.02. The molecule has 0 spiro atoms. The highest BCUT2D eigenvalue weighted by Crippen LogP contribution is 2.32. The van der Waals surface area contributed by atoms with E-state index in [1.807, 2.05) is 66.7 Å². The Morgan fingerprint density at radius 1 is 0.939 bits per heavy atom. The Balaban J connectivity index is 1.33. The number of pyridine rings is 2. The third-order valence-corrected chi connectivity index (χ3v) is 5.57. The Bertz CT molecular complexity index is 1210. The van der Waals surface area contributed by atoms with Gasteiger partial charge in [0.25, 0.3) is 0 Å². The van der Waals surface area contributed by atoms with E-state index in [1.165, 1.54) is 0 Å². The smallest absolute Gasteiger partial charge is 0.410 e. The lowest BCUT2D eigenvalue weighted by Crippen LogP contribution is -2.39. The van der Waals surface area contributed by atoms with Crippen LogP contribution in [0, 0.1) is 0 Å². The lowest BCUT2D eigenvalue weighted by molar-refractivity contribution is 0.0592. The van der Waals surface area contributed by atoms with E-state index in [0.29, 0.717) is 24.0 Å². The highest BCUT2D eigenvalue weighted by atomic mass is 16.6. The number of nitrogens with zero attached hydrogens (tertiary/aromatic N) is 5. The summed E-state index contributed by atoms with van der Waals surface area (Å²) in [5.74, 6) is 0.775. The van der Waals surface area contributed by atoms with Gasteiger partial charge in [-0.05, 0) is 49.1 Å². The molecule has 1 fully saturated rings. The van der Waals surface area contributed by atoms with Crippen molar-refractivity contribution < 1.29 is 14.1 Å². The van der Waals surface area contributed by atoms with E-state index in [0.717, 1.165) is 36.2 Å². The molecule has 8 nitrogen and oxygen atoms in total. The molecule has 0 saturated carbocycles. The summed E-state index contributed by atoms with van der Waals surface area (Å²) < 4.78 is 11.1. The molecule has 33 heavy (non-hydrogen) atoms. The van der Waals surface area contributed by atoms with Crippen LogP contribution in [0.1, 0.15) is 36.8 Å². The number of ether oxygens (including phenoxy) is 1. The summed E-state index contributed by atoms with van der Waals surface area (Å²) in [4.78, 5) is 28.1. The molecule has 0 N–H and O–H groups in total. The number of amides is 1. The van der Waals surface area contributed by atoms with Gasteiger partial charge in [-0.25, -0.2) is 9.78 Å². The molecule has 1 atom stereocenters. The van der Waals surface area contributed by atoms with Gasteiger partial charge in [-0.2, -0.15) is 4.98 Å². The van der Waals surface area contributed by atoms with E-state index in [9.17, 15) is 4.79 Å². The fourth-order valence-electron chi connectivity index (χ4n) is 3.90. The monoisotopic (exact) mass is 441 g/mol. The van der Waals surface area contributed by atoms with Gasteiger partial charge >= 0.3 is 6.09 Å². The summed E-state index contributed by atoms with van der Waals surface area (Å²) in [6.45, 7) is 0.811. The van der Waals surface area contributed by atoms with Crippen molar-refractivity contribution in [1.29, 1.82) is 0 Å². The van der Waals surface area contributed by atoms with Gasteiger partial charge in [0.2, 0.25) is 11.7 Å². The first-order valence-electron chi connectivity index (χ1n) is 11.0. The van der Waals surface area contributed by atoms with E-state index >= 15 is 0 Å². The average molecular weight is 441 g/mol. The van der Waals surface area contributed by atoms with Crippen molar-refractivity contribution in [3.63, 3.8) is 0 Å². The largest absolute Gasteiger partial charge is 0.445 e. The molecular weight excluding hydrogens is 418 g/mol. The summed E-state index contributed by atoms with van der Waals surface area (Å²) in [5, 5.41) is 4.14. The lowest BCUT2D eigenvalue weighted by Gasteiger charge is -2.32. The number of carbonyl (C=O) groups excluding carboxylic acids is 1. The molecule has 8 heteroatoms. The second kappa shape index (κ2) is 9.60. The molecule has 0 bridgehead atoms. The van der Waals surface area contributed by atoms with Crippen molar-refractivity contribution in [2.75, 3.05) is 6.54 Å². The number of hydrogen-bond acceptors (Lipinski definition) is 7. The van der Waals surface area contributed by atoms with Crippen LogP contribution in [0.15, 0.2) is 77.4 Å². The Labute approximate surface area is 191 Å². The van der Waals surface area contributed by atoms with Crippen LogP contribution in [0.4, 0.5) is 4.79 Å². The fraction of sp³-hybridized carbons (Fsp3) is 0.240. The molecule has 1 saturated heterocycles. The highest BCUT2D eigenvalue weighted by molar-refractivity contribution is 5.68. The minimum absolute atomic E-state index is 0.224. The number of piperidine rings is 1. The van der Waals surface area contributed by atoms with E-state index < -0.39 is 0 Å². The average Bonchev–Trinajstić information content (AvgIpc) is 3.39. The van der Waals surface area contributed by atoms with E-state index in [2.05, 4.69) is 20.1 Å². The Kier molecular flexibility index (Phi) is 6.06. The molecule has 4 heterocycles. The second-order valence-electron chi connectivity index (χ2n) is 7.82. The maximum Gasteiger partial charge on any atom is 0.410 e. The molecule has 3 aromatic heterocycles. The topological polar surface area (TPSA) is 94.2 Å². The first-order valence-corrected chi connectivity index (χ1v) is 11.0. The second-order valence-corrected chi connectivity index (χ2v) is 7.82. The summed E-state index contributed by atoms with van der Waals surface area (Å²) in [6, 6.07) is 20.6. The molecule has 1 aromatic carbocycles. The molecule has 1 amide bonds. The van der Waals surface area contributed by atoms with Gasteiger partial charge in [0.15, 0.2) is 0 Å². The number of benzene rings is 1. The zero-order valence-corrected chi connectivity index (χ0v) is 18.0. The van der Waals surface area contributed by atoms with Crippen molar-refractivity contribution in [1.82, 2.24) is 25.0 Å². The third kappa shape index (κ3) is 4.74. The van der Waals surface area contributed by atoms with Crippen molar-refractivity contribution in [3.05, 3.63) is 84.4 Å². The Hall–Kier alpha value is -4.07. The Morgan fingerprint density at radius 2 is 1.76 bits per heavy atom. The standard InChI is InChI=1S/C25H23N5O3/c31-25(32-17-18-9-2-1-3-10-18)30-16-7-5-14-22(30)24-28-23(29-33-24)21-13-8-12-20(27-21)19-11-4-6-15-26-19/h1-4,6,8-13,15,22H,5,7,14,16-17H2/t22-/m0/s1. The van der Waals surface area contributed by atoms with Crippen LogP contribution in [-0.4, -0.2) is 37.6 Å². The molecule has 1 aliphatic heterocycles. The van der Waals surface area contributed by atoms with Crippen molar-refractivity contribution >= 4 is 6.09 Å². The SMILES string of the molecule is O=C(OCc1ccccc1)N1CCCC[C@H]1c1nc(-c2cccc(-c3ccccn3)n2)no1. The summed E-state index contributed by atoms with van der Waals surface area (Å²) in [7, 11) is 0. The number of hydrogen-bond donors (Lipinski definition) is 0. The van der Waals surface area contributed by atoms with Crippen molar-refractivity contribution in [2.45, 2.75) is 31.9 Å². The van der Waals surface area contributed by atoms with E-state index in [-0.39, 0.29) is 18.7 Å². The van der Waals surface area contributed by atoms with Gasteiger partial charge in [0, 0.05) is 12.7 Å². The molecule has 5 rings (SSSR count). The highest BCUT2D eigenvalue weighted by Gasteiger charge is 2.33. The zero-order valence-electron chi connectivity index (χ0n) is 18.0. The van der Waals surface area contributed by atoms with Gasteiger partial charge in [-0.15, -0.1) is 0 Å². The van der Waals surface area contributed by atoms with Gasteiger partial charge < -0.3 is 9.26 Å². The van der Waals surface area contributed by atoms with Crippen LogP contribution in [0.2, 0.25) is 0 Å². The van der Waals surface area contributed by atoms with Gasteiger partial charge in [0.05, 0.1) is 11.4 Å². The van der Waals surface area contributed by atoms with Crippen molar-refractivity contribution in [2.24, 2.45) is 0 Å². The first kappa shape index (κ1) is 20.8. The summed E-state index contributed by atoms with van der Waals surface area (Å²) in [6.07, 6.45) is 3.97. The first-order chi connectivity index (χ1) is 16.3. The van der Waals surface area contributed by atoms with Gasteiger partial charge in [0.1, 0.15) is 18.3 Å². The molecule has 0 radical (unpaired) electrons. The van der Waals surface area contributed by atoms with Crippen molar-refractivity contribution in [3.8, 4) is 22.9 Å². The molecule has 0 unspecified atom stereocenters. The predicted molar refractivity (Wildman–Crippen MR) is 121 cm³/mol. The minimum Gasteiger partial charge on any atom is -0.445 e. The summed E-state index contributed by atoms with van der Waals surface area (Å²) >= 11 is 0. The molecule has 4 aromatic rings. The number of likely N-dealkylation sites (tertiary alicyclic amines) is 1. The van der Waals surface area contributed by atoms with E-state index in [4.69, 9.17) is 9.26 Å². The molecule has 0 aliphatic carbocycles. The molecule has 166 valence electrons. The normalized spacial score (nSPS) is 15.9. The van der Waals surface area contributed by atoms with E-state index in [1.54, 1.807) is 11.1 Å². The van der Waals surface area contributed by atoms with Crippen LogP contribution in [-0.2, 0) is 11.3 Å². The number of aromatic nitrogens is 4. The zero-order chi connectivity index (χ0) is 22.5. The molecular formula is C25H23N5O3. The number of rotatable bonds is 5. The van der Waals surface area contributed by atoms with Gasteiger partial charge in [-0.1, -0.05) is 47.6 Å². The maximum atomic E-state index is 12.8. The quantitative estimate of drug-likeness (QED) is 0.427. The third-order valence-electron chi connectivity index (χ3n) is 5.57. The molecule has 1 aliphatic rings. The van der Waals surface area contributed by atoms with Crippen LogP contribution in [0.5, 0.6) is 0 Å². The maximum absolute atomic E-state index is 12.8. The Morgan fingerprint density at radius 3 is 2.61 bits per heavy atom. The van der Waals surface area contributed by atoms with Crippen LogP contribution < -0.4 is 0 Å². The van der Waals surface area contributed by atoms with Crippen LogP contribution in [0.25, 0.3) is 22.9 Å². The van der Waals surface area contributed by atoms with Crippen LogP contribution in [0.3, 0.4) is 0 Å². The van der Waals surface area contributed by atoms with Gasteiger partial charge in [-0.3, -0.25) is 9.88 Å². The lowest BCUT2D eigenvalue weighted by atomic mass is 10.0. The van der Waals surface area contributed by atoms with Crippen LogP contribution >= 0.6 is 0 Å². The predicted octanol–water partition coefficient (Wildman–Crippen LogP) is 5.06.